The summed E-state index contributed by atoms with van der Waals surface area (Å²) in [5.41, 5.74) is -0.0265. The van der Waals surface area contributed by atoms with Crippen molar-refractivity contribution in [1.82, 2.24) is 4.98 Å². The molecule has 0 bridgehead atoms. The predicted molar refractivity (Wildman–Crippen MR) is 78.1 cm³/mol. The number of nitrogens with zero attached hydrogens (tertiary/aromatic N) is 1. The number of hydrogen-bond donors (Lipinski definition) is 0. The van der Waals surface area contributed by atoms with Gasteiger partial charge in [0.05, 0.1) is 16.6 Å². The minimum atomic E-state index is -4.49. The molecule has 0 unspecified atom stereocenters. The second-order valence-electron chi connectivity index (χ2n) is 4.79. The third kappa shape index (κ3) is 3.15. The van der Waals surface area contributed by atoms with Crippen LogP contribution in [0.4, 0.5) is 13.2 Å². The van der Waals surface area contributed by atoms with Crippen LogP contribution in [0.3, 0.4) is 0 Å². The highest BCUT2D eigenvalue weighted by molar-refractivity contribution is 6.03. The number of esters is 1. The lowest BCUT2D eigenvalue weighted by Crippen LogP contribution is -2.11. The molecule has 0 N–H and O–H groups in total. The first-order chi connectivity index (χ1) is 10.9. The number of carbonyl (C=O) groups excluding carboxylic acids is 1. The molecule has 0 saturated heterocycles. The molecule has 0 aliphatic carbocycles. The van der Waals surface area contributed by atoms with Crippen LogP contribution in [0.5, 0.6) is 5.75 Å². The van der Waals surface area contributed by atoms with Gasteiger partial charge in [0.15, 0.2) is 0 Å². The Balaban J connectivity index is 1.93. The Hall–Kier alpha value is -2.89. The van der Waals surface area contributed by atoms with Crippen LogP contribution in [0, 0.1) is 0 Å². The fourth-order valence-electron chi connectivity index (χ4n) is 2.17. The highest BCUT2D eigenvalue weighted by Crippen LogP contribution is 2.31. The first-order valence-electron chi connectivity index (χ1n) is 6.68. The maximum Gasteiger partial charge on any atom is 0.416 e. The highest BCUT2D eigenvalue weighted by Gasteiger charge is 2.30. The number of rotatable bonds is 2. The summed E-state index contributed by atoms with van der Waals surface area (Å²) in [6.07, 6.45) is -3.04. The Kier molecular flexibility index (Phi) is 3.73. The minimum absolute atomic E-state index is 0.161. The Morgan fingerprint density at radius 3 is 2.57 bits per heavy atom. The normalized spacial score (nSPS) is 11.4. The number of benzene rings is 2. The summed E-state index contributed by atoms with van der Waals surface area (Å²) in [4.78, 5) is 16.4. The topological polar surface area (TPSA) is 39.2 Å². The molecule has 116 valence electrons. The van der Waals surface area contributed by atoms with Crippen LogP contribution < -0.4 is 4.74 Å². The summed E-state index contributed by atoms with van der Waals surface area (Å²) in [7, 11) is 0. The van der Waals surface area contributed by atoms with Crippen LogP contribution in [0.15, 0.2) is 60.8 Å². The number of alkyl halides is 3. The predicted octanol–water partition coefficient (Wildman–Crippen LogP) is 4.47. The van der Waals surface area contributed by atoms with E-state index in [4.69, 9.17) is 4.74 Å². The standard InChI is InChI=1S/C17H10F3NO2/c18-17(19,20)11-4-3-5-12(10-11)23-16(22)14-8-9-21-15-7-2-1-6-13(14)15/h1-10H. The van der Waals surface area contributed by atoms with Crippen molar-refractivity contribution in [2.75, 3.05) is 0 Å². The Bertz CT molecular complexity index is 870. The molecule has 3 rings (SSSR count). The van der Waals surface area contributed by atoms with E-state index < -0.39 is 17.7 Å². The molecule has 0 aliphatic rings. The van der Waals surface area contributed by atoms with Crippen LogP contribution in [0.1, 0.15) is 15.9 Å². The van der Waals surface area contributed by atoms with Crippen molar-refractivity contribution in [3.63, 3.8) is 0 Å². The van der Waals surface area contributed by atoms with Crippen molar-refractivity contribution in [3.05, 3.63) is 71.9 Å². The Morgan fingerprint density at radius 2 is 1.78 bits per heavy atom. The SMILES string of the molecule is O=C(Oc1cccc(C(F)(F)F)c1)c1ccnc2ccccc12. The number of aromatic nitrogens is 1. The molecular formula is C17H10F3NO2. The van der Waals surface area contributed by atoms with Crippen molar-refractivity contribution in [1.29, 1.82) is 0 Å². The molecule has 0 saturated carbocycles. The zero-order valence-corrected chi connectivity index (χ0v) is 11.7. The number of para-hydroxylation sites is 1. The second kappa shape index (κ2) is 5.72. The van der Waals surface area contributed by atoms with Crippen molar-refractivity contribution in [2.45, 2.75) is 6.18 Å². The molecule has 2 aromatic carbocycles. The lowest BCUT2D eigenvalue weighted by molar-refractivity contribution is -0.137. The van der Waals surface area contributed by atoms with Crippen molar-refractivity contribution in [3.8, 4) is 5.75 Å². The van der Waals surface area contributed by atoms with Crippen LogP contribution >= 0.6 is 0 Å². The van der Waals surface area contributed by atoms with Crippen molar-refractivity contribution < 1.29 is 22.7 Å². The van der Waals surface area contributed by atoms with Crippen LogP contribution in [-0.2, 0) is 6.18 Å². The van der Waals surface area contributed by atoms with Gasteiger partial charge in [-0.15, -0.1) is 0 Å². The van der Waals surface area contributed by atoms with Gasteiger partial charge < -0.3 is 4.74 Å². The van der Waals surface area contributed by atoms with Crippen molar-refractivity contribution in [2.24, 2.45) is 0 Å². The summed E-state index contributed by atoms with van der Waals surface area (Å²) >= 11 is 0. The number of fused-ring (bicyclic) bond motifs is 1. The van der Waals surface area contributed by atoms with E-state index >= 15 is 0 Å². The van der Waals surface area contributed by atoms with Gasteiger partial charge in [0.1, 0.15) is 5.75 Å². The molecule has 0 spiro atoms. The monoisotopic (exact) mass is 317 g/mol. The molecule has 1 aromatic heterocycles. The fraction of sp³-hybridized carbons (Fsp3) is 0.0588. The maximum absolute atomic E-state index is 12.7. The van der Waals surface area contributed by atoms with Gasteiger partial charge in [0.25, 0.3) is 0 Å². The van der Waals surface area contributed by atoms with Crippen LogP contribution in [0.25, 0.3) is 10.9 Å². The number of halogens is 3. The van der Waals surface area contributed by atoms with E-state index in [0.29, 0.717) is 10.9 Å². The van der Waals surface area contributed by atoms with Gasteiger partial charge >= 0.3 is 12.1 Å². The average Bonchev–Trinajstić information content (AvgIpc) is 2.53. The van der Waals surface area contributed by atoms with E-state index in [1.165, 1.54) is 24.4 Å². The lowest BCUT2D eigenvalue weighted by atomic mass is 10.1. The summed E-state index contributed by atoms with van der Waals surface area (Å²) in [6.45, 7) is 0. The minimum Gasteiger partial charge on any atom is -0.423 e. The van der Waals surface area contributed by atoms with E-state index in [1.54, 1.807) is 24.3 Å². The molecule has 6 heteroatoms. The van der Waals surface area contributed by atoms with Crippen LogP contribution in [-0.4, -0.2) is 11.0 Å². The maximum atomic E-state index is 12.7. The molecule has 0 aliphatic heterocycles. The molecule has 0 fully saturated rings. The van der Waals surface area contributed by atoms with Gasteiger partial charge in [0.2, 0.25) is 0 Å². The number of pyridine rings is 1. The molecule has 23 heavy (non-hydrogen) atoms. The van der Waals surface area contributed by atoms with Crippen LogP contribution in [0.2, 0.25) is 0 Å². The number of carbonyl (C=O) groups is 1. The zero-order valence-electron chi connectivity index (χ0n) is 11.7. The molecule has 0 amide bonds. The van der Waals surface area contributed by atoms with Gasteiger partial charge in [-0.2, -0.15) is 13.2 Å². The third-order valence-corrected chi connectivity index (χ3v) is 3.24. The number of ether oxygens (including phenoxy) is 1. The lowest BCUT2D eigenvalue weighted by Gasteiger charge is -2.10. The van der Waals surface area contributed by atoms with E-state index in [-0.39, 0.29) is 11.3 Å². The quantitative estimate of drug-likeness (QED) is 0.517. The summed E-state index contributed by atoms with van der Waals surface area (Å²) in [5, 5.41) is 0.576. The largest absolute Gasteiger partial charge is 0.423 e. The highest BCUT2D eigenvalue weighted by atomic mass is 19.4. The molecule has 3 nitrogen and oxygen atoms in total. The smallest absolute Gasteiger partial charge is 0.416 e. The third-order valence-electron chi connectivity index (χ3n) is 3.24. The first kappa shape index (κ1) is 15.0. The average molecular weight is 317 g/mol. The fourth-order valence-corrected chi connectivity index (χ4v) is 2.17. The summed E-state index contributed by atoms with van der Waals surface area (Å²) < 4.78 is 43.1. The number of hydrogen-bond acceptors (Lipinski definition) is 3. The van der Waals surface area contributed by atoms with Crippen molar-refractivity contribution >= 4 is 16.9 Å². The van der Waals surface area contributed by atoms with Gasteiger partial charge in [-0.25, -0.2) is 4.79 Å². The Labute approximate surface area is 129 Å². The van der Waals surface area contributed by atoms with Gasteiger partial charge in [-0.05, 0) is 30.3 Å². The first-order valence-corrected chi connectivity index (χ1v) is 6.68. The Morgan fingerprint density at radius 1 is 1.00 bits per heavy atom. The van der Waals surface area contributed by atoms with E-state index in [0.717, 1.165) is 12.1 Å². The van der Waals surface area contributed by atoms with Gasteiger partial charge in [-0.3, -0.25) is 4.98 Å². The molecule has 0 radical (unpaired) electrons. The summed E-state index contributed by atoms with van der Waals surface area (Å²) in [6, 6.07) is 12.6. The van der Waals surface area contributed by atoms with Gasteiger partial charge in [-0.1, -0.05) is 24.3 Å². The molecule has 0 atom stereocenters. The molecule has 1 heterocycles. The molecule has 3 aromatic rings. The second-order valence-corrected chi connectivity index (χ2v) is 4.79. The summed E-state index contributed by atoms with van der Waals surface area (Å²) in [5.74, 6) is -0.895. The molecular weight excluding hydrogens is 307 g/mol. The zero-order chi connectivity index (χ0) is 16.4. The van der Waals surface area contributed by atoms with E-state index in [1.807, 2.05) is 0 Å². The van der Waals surface area contributed by atoms with Gasteiger partial charge in [0, 0.05) is 11.6 Å². The van der Waals surface area contributed by atoms with E-state index in [2.05, 4.69) is 4.98 Å². The van der Waals surface area contributed by atoms with E-state index in [9.17, 15) is 18.0 Å².